The fourth-order valence-electron chi connectivity index (χ4n) is 2.46. The number of para-hydroxylation sites is 1. The third-order valence-corrected chi connectivity index (χ3v) is 4.94. The summed E-state index contributed by atoms with van der Waals surface area (Å²) in [7, 11) is 1.68. The Morgan fingerprint density at radius 1 is 1.29 bits per heavy atom. The summed E-state index contributed by atoms with van der Waals surface area (Å²) in [4.78, 5) is 18.6. The first-order chi connectivity index (χ1) is 13.5. The van der Waals surface area contributed by atoms with Crippen LogP contribution >= 0.6 is 11.8 Å². The number of halogens is 1. The molecule has 3 rings (SSSR count). The molecule has 0 fully saturated rings. The summed E-state index contributed by atoms with van der Waals surface area (Å²) < 4.78 is 24.1. The van der Waals surface area contributed by atoms with Gasteiger partial charge in [0.25, 0.3) is 5.91 Å². The lowest BCUT2D eigenvalue weighted by Gasteiger charge is -2.18. The second kappa shape index (κ2) is 9.36. The monoisotopic (exact) mass is 401 g/mol. The number of aromatic nitrogens is 2. The molecule has 2 heterocycles. The number of hydrogen-bond donors (Lipinski definition) is 0. The van der Waals surface area contributed by atoms with Crippen molar-refractivity contribution in [2.45, 2.75) is 17.7 Å². The molecule has 0 bridgehead atoms. The van der Waals surface area contributed by atoms with Gasteiger partial charge >= 0.3 is 0 Å². The van der Waals surface area contributed by atoms with E-state index in [-0.39, 0.29) is 18.3 Å². The maximum absolute atomic E-state index is 13.6. The molecule has 0 radical (unpaired) electrons. The molecule has 1 amide bonds. The number of aryl methyl sites for hydroxylation is 1. The van der Waals surface area contributed by atoms with Crippen LogP contribution in [0.1, 0.15) is 21.8 Å². The van der Waals surface area contributed by atoms with Crippen molar-refractivity contribution in [1.29, 1.82) is 0 Å². The highest BCUT2D eigenvalue weighted by Crippen LogP contribution is 2.25. The lowest BCUT2D eigenvalue weighted by Crippen LogP contribution is -2.31. The van der Waals surface area contributed by atoms with Gasteiger partial charge in [-0.15, -0.1) is 0 Å². The van der Waals surface area contributed by atoms with Crippen molar-refractivity contribution in [3.05, 3.63) is 71.5 Å². The zero-order valence-corrected chi connectivity index (χ0v) is 16.4. The Labute approximate surface area is 166 Å². The summed E-state index contributed by atoms with van der Waals surface area (Å²) in [5.41, 5.74) is 1.29. The SMILES string of the molecule is Cc1cc(CSc2ncccc2C(=O)N(C)CCOc2ccccc2F)no1. The highest BCUT2D eigenvalue weighted by atomic mass is 32.2. The number of rotatable bonds is 8. The van der Waals surface area contributed by atoms with E-state index in [1.165, 1.54) is 22.7 Å². The number of amides is 1. The van der Waals surface area contributed by atoms with Crippen molar-refractivity contribution in [3.8, 4) is 5.75 Å². The van der Waals surface area contributed by atoms with Gasteiger partial charge in [0, 0.05) is 25.1 Å². The van der Waals surface area contributed by atoms with Crippen LogP contribution in [0, 0.1) is 12.7 Å². The van der Waals surface area contributed by atoms with Gasteiger partial charge in [-0.25, -0.2) is 9.37 Å². The summed E-state index contributed by atoms with van der Waals surface area (Å²) in [6.45, 7) is 2.33. The van der Waals surface area contributed by atoms with Gasteiger partial charge in [-0.3, -0.25) is 4.79 Å². The Morgan fingerprint density at radius 2 is 2.11 bits per heavy atom. The van der Waals surface area contributed by atoms with E-state index in [0.717, 1.165) is 11.5 Å². The van der Waals surface area contributed by atoms with Crippen LogP contribution in [0.25, 0.3) is 0 Å². The third-order valence-electron chi connectivity index (χ3n) is 3.90. The maximum atomic E-state index is 13.6. The first kappa shape index (κ1) is 19.9. The van der Waals surface area contributed by atoms with Crippen molar-refractivity contribution in [2.75, 3.05) is 20.2 Å². The van der Waals surface area contributed by atoms with E-state index in [1.54, 1.807) is 43.6 Å². The molecule has 0 saturated heterocycles. The van der Waals surface area contributed by atoms with Crippen molar-refractivity contribution < 1.29 is 18.4 Å². The molecule has 3 aromatic rings. The summed E-state index contributed by atoms with van der Waals surface area (Å²) in [5.74, 6) is 0.857. The minimum atomic E-state index is -0.425. The van der Waals surface area contributed by atoms with Crippen molar-refractivity contribution in [1.82, 2.24) is 15.0 Å². The van der Waals surface area contributed by atoms with E-state index in [0.29, 0.717) is 22.9 Å². The number of carbonyl (C=O) groups excluding carboxylic acids is 1. The van der Waals surface area contributed by atoms with Crippen LogP contribution in [0.15, 0.2) is 58.2 Å². The van der Waals surface area contributed by atoms with Crippen LogP contribution in [0.3, 0.4) is 0 Å². The first-order valence-corrected chi connectivity index (χ1v) is 9.66. The number of ether oxygens (including phenoxy) is 1. The van der Waals surface area contributed by atoms with Gasteiger partial charge in [0.05, 0.1) is 17.8 Å². The lowest BCUT2D eigenvalue weighted by atomic mass is 10.2. The quantitative estimate of drug-likeness (QED) is 0.532. The number of nitrogens with zero attached hydrogens (tertiary/aromatic N) is 3. The molecular weight excluding hydrogens is 381 g/mol. The van der Waals surface area contributed by atoms with Gasteiger partial charge in [-0.05, 0) is 31.2 Å². The number of hydrogen-bond acceptors (Lipinski definition) is 6. The Bertz CT molecular complexity index is 948. The summed E-state index contributed by atoms with van der Waals surface area (Å²) in [5, 5.41) is 4.57. The molecule has 146 valence electrons. The largest absolute Gasteiger partial charge is 0.489 e. The molecule has 8 heteroatoms. The van der Waals surface area contributed by atoms with Crippen LogP contribution in [0.5, 0.6) is 5.75 Å². The Hall–Kier alpha value is -2.87. The minimum Gasteiger partial charge on any atom is -0.489 e. The smallest absolute Gasteiger partial charge is 0.256 e. The molecule has 0 aliphatic heterocycles. The van der Waals surface area contributed by atoms with Gasteiger partial charge in [-0.2, -0.15) is 0 Å². The van der Waals surface area contributed by atoms with Crippen LogP contribution in [0.4, 0.5) is 4.39 Å². The molecule has 0 aliphatic rings. The van der Waals surface area contributed by atoms with Crippen molar-refractivity contribution in [2.24, 2.45) is 0 Å². The van der Waals surface area contributed by atoms with Crippen LogP contribution in [-0.4, -0.2) is 41.1 Å². The van der Waals surface area contributed by atoms with E-state index in [2.05, 4.69) is 10.1 Å². The molecule has 6 nitrogen and oxygen atoms in total. The Balaban J connectivity index is 1.59. The molecule has 28 heavy (non-hydrogen) atoms. The van der Waals surface area contributed by atoms with Gasteiger partial charge < -0.3 is 14.2 Å². The van der Waals surface area contributed by atoms with Gasteiger partial charge in [-0.1, -0.05) is 29.1 Å². The summed E-state index contributed by atoms with van der Waals surface area (Å²) in [6, 6.07) is 11.5. The molecule has 0 N–H and O–H groups in total. The van der Waals surface area contributed by atoms with E-state index in [1.807, 2.05) is 13.0 Å². The predicted molar refractivity (Wildman–Crippen MR) is 104 cm³/mol. The molecule has 0 saturated carbocycles. The molecule has 1 aromatic carbocycles. The van der Waals surface area contributed by atoms with E-state index in [4.69, 9.17) is 9.26 Å². The molecule has 0 unspecified atom stereocenters. The van der Waals surface area contributed by atoms with E-state index >= 15 is 0 Å². The minimum absolute atomic E-state index is 0.170. The Kier molecular flexibility index (Phi) is 6.65. The average molecular weight is 401 g/mol. The zero-order chi connectivity index (χ0) is 19.9. The average Bonchev–Trinajstić information content (AvgIpc) is 3.12. The van der Waals surface area contributed by atoms with Crippen LogP contribution < -0.4 is 4.74 Å². The highest BCUT2D eigenvalue weighted by molar-refractivity contribution is 7.98. The van der Waals surface area contributed by atoms with Crippen LogP contribution in [-0.2, 0) is 5.75 Å². The van der Waals surface area contributed by atoms with Crippen molar-refractivity contribution >= 4 is 17.7 Å². The lowest BCUT2D eigenvalue weighted by molar-refractivity contribution is 0.0768. The molecule has 0 atom stereocenters. The topological polar surface area (TPSA) is 68.5 Å². The number of carbonyl (C=O) groups is 1. The fraction of sp³-hybridized carbons (Fsp3) is 0.250. The first-order valence-electron chi connectivity index (χ1n) is 8.67. The second-order valence-corrected chi connectivity index (χ2v) is 7.04. The Morgan fingerprint density at radius 3 is 2.86 bits per heavy atom. The van der Waals surface area contributed by atoms with Crippen molar-refractivity contribution in [3.63, 3.8) is 0 Å². The number of benzene rings is 1. The maximum Gasteiger partial charge on any atom is 0.256 e. The third kappa shape index (κ3) is 5.10. The molecule has 0 aliphatic carbocycles. The molecular formula is C20H20FN3O3S. The van der Waals surface area contributed by atoms with Crippen LogP contribution in [0.2, 0.25) is 0 Å². The summed E-state index contributed by atoms with van der Waals surface area (Å²) >= 11 is 1.42. The second-order valence-electron chi connectivity index (χ2n) is 6.08. The fourth-order valence-corrected chi connectivity index (χ4v) is 3.33. The molecule has 0 spiro atoms. The highest BCUT2D eigenvalue weighted by Gasteiger charge is 2.17. The van der Waals surface area contributed by atoms with Gasteiger partial charge in [0.15, 0.2) is 11.6 Å². The number of likely N-dealkylation sites (N-methyl/N-ethyl adjacent to an activating group) is 1. The summed E-state index contributed by atoms with van der Waals surface area (Å²) in [6.07, 6.45) is 1.65. The van der Waals surface area contributed by atoms with Gasteiger partial charge in [0.1, 0.15) is 17.4 Å². The number of pyridine rings is 1. The number of thioether (sulfide) groups is 1. The van der Waals surface area contributed by atoms with E-state index in [9.17, 15) is 9.18 Å². The standard InChI is InChI=1S/C20H20FN3O3S/c1-14-12-15(23-27-14)13-28-19-16(6-5-9-22-19)20(25)24(2)10-11-26-18-8-4-3-7-17(18)21/h3-9,12H,10-11,13H2,1-2H3. The predicted octanol–water partition coefficient (Wildman–Crippen LogP) is 3.96. The normalized spacial score (nSPS) is 10.7. The van der Waals surface area contributed by atoms with E-state index < -0.39 is 5.82 Å². The van der Waals surface area contributed by atoms with Gasteiger partial charge in [0.2, 0.25) is 0 Å². The zero-order valence-electron chi connectivity index (χ0n) is 15.6. The molecule has 2 aromatic heterocycles.